The number of thioether (sulfide) groups is 1. The van der Waals surface area contributed by atoms with Crippen LogP contribution in [-0.2, 0) is 9.53 Å². The van der Waals surface area contributed by atoms with Gasteiger partial charge in [0.2, 0.25) is 0 Å². The molecular weight excluding hydrogens is 350 g/mol. The molecule has 0 aliphatic heterocycles. The van der Waals surface area contributed by atoms with E-state index >= 15 is 0 Å². The number of anilines is 2. The van der Waals surface area contributed by atoms with E-state index in [-0.39, 0.29) is 5.56 Å². The second kappa shape index (κ2) is 8.48. The van der Waals surface area contributed by atoms with E-state index in [1.54, 1.807) is 48.5 Å². The average molecular weight is 366 g/mol. The number of ether oxygens (including phenoxy) is 1. The minimum atomic E-state index is -2.48. The van der Waals surface area contributed by atoms with Crippen molar-refractivity contribution < 1.29 is 23.1 Å². The molecule has 0 fully saturated rings. The van der Waals surface area contributed by atoms with Gasteiger partial charge < -0.3 is 15.8 Å². The number of hydrogen-bond donors (Lipinski definition) is 2. The van der Waals surface area contributed by atoms with Gasteiger partial charge in [-0.15, -0.1) is 0 Å². The SMILES string of the molecule is C[C@@H](OC(=O)c1ccccc1Nc1ccc(SC(F)F)cc1)C(N)=O. The number of rotatable bonds is 7. The second-order valence-electron chi connectivity index (χ2n) is 5.02. The van der Waals surface area contributed by atoms with Crippen LogP contribution in [0.5, 0.6) is 0 Å². The van der Waals surface area contributed by atoms with E-state index in [4.69, 9.17) is 10.5 Å². The van der Waals surface area contributed by atoms with Gasteiger partial charge in [0, 0.05) is 10.6 Å². The summed E-state index contributed by atoms with van der Waals surface area (Å²) in [5.74, 6) is -3.92. The van der Waals surface area contributed by atoms with Crippen LogP contribution in [0.25, 0.3) is 0 Å². The molecule has 2 aromatic carbocycles. The number of amides is 1. The van der Waals surface area contributed by atoms with Crippen molar-refractivity contribution in [3.8, 4) is 0 Å². The summed E-state index contributed by atoms with van der Waals surface area (Å²) in [6, 6.07) is 12.9. The van der Waals surface area contributed by atoms with Crippen LogP contribution in [0.4, 0.5) is 20.2 Å². The van der Waals surface area contributed by atoms with Gasteiger partial charge in [0.15, 0.2) is 6.10 Å². The van der Waals surface area contributed by atoms with Gasteiger partial charge in [-0.1, -0.05) is 23.9 Å². The number of alkyl halides is 2. The lowest BCUT2D eigenvalue weighted by Gasteiger charge is -2.14. The van der Waals surface area contributed by atoms with Crippen LogP contribution >= 0.6 is 11.8 Å². The fourth-order valence-electron chi connectivity index (χ4n) is 1.93. The predicted molar refractivity (Wildman–Crippen MR) is 92.1 cm³/mol. The second-order valence-corrected chi connectivity index (χ2v) is 6.09. The Labute approximate surface area is 147 Å². The fraction of sp³-hybridized carbons (Fsp3) is 0.176. The van der Waals surface area contributed by atoms with Crippen molar-refractivity contribution in [1.82, 2.24) is 0 Å². The van der Waals surface area contributed by atoms with Crippen molar-refractivity contribution in [2.45, 2.75) is 23.7 Å². The van der Waals surface area contributed by atoms with Crippen molar-refractivity contribution in [2.75, 3.05) is 5.32 Å². The van der Waals surface area contributed by atoms with Crippen LogP contribution in [0.15, 0.2) is 53.4 Å². The molecule has 0 bridgehead atoms. The first kappa shape index (κ1) is 18.7. The Morgan fingerprint density at radius 3 is 2.36 bits per heavy atom. The molecule has 25 heavy (non-hydrogen) atoms. The maximum Gasteiger partial charge on any atom is 0.341 e. The number of esters is 1. The number of para-hydroxylation sites is 1. The monoisotopic (exact) mass is 366 g/mol. The third-order valence-corrected chi connectivity index (χ3v) is 3.91. The Balaban J connectivity index is 2.15. The lowest BCUT2D eigenvalue weighted by molar-refractivity contribution is -0.125. The molecule has 0 saturated carbocycles. The molecule has 0 unspecified atom stereocenters. The number of halogens is 2. The molecular formula is C17H16F2N2O3S. The van der Waals surface area contributed by atoms with E-state index in [9.17, 15) is 18.4 Å². The van der Waals surface area contributed by atoms with Crippen LogP contribution in [0.3, 0.4) is 0 Å². The molecule has 132 valence electrons. The molecule has 0 radical (unpaired) electrons. The van der Waals surface area contributed by atoms with E-state index in [0.717, 1.165) is 0 Å². The van der Waals surface area contributed by atoms with Crippen molar-refractivity contribution in [2.24, 2.45) is 5.73 Å². The number of benzene rings is 2. The standard InChI is InChI=1S/C17H16F2N2O3S/c1-10(15(20)22)24-16(23)13-4-2-3-5-14(13)21-11-6-8-12(9-7-11)25-17(18)19/h2-10,17,21H,1H3,(H2,20,22)/t10-/m1/s1. The van der Waals surface area contributed by atoms with E-state index < -0.39 is 23.7 Å². The number of carbonyl (C=O) groups is 2. The molecule has 0 heterocycles. The lowest BCUT2D eigenvalue weighted by Crippen LogP contribution is -2.30. The summed E-state index contributed by atoms with van der Waals surface area (Å²) in [6.45, 7) is 1.38. The number of hydrogen-bond acceptors (Lipinski definition) is 5. The molecule has 8 heteroatoms. The zero-order valence-corrected chi connectivity index (χ0v) is 14.1. The van der Waals surface area contributed by atoms with E-state index in [2.05, 4.69) is 5.32 Å². The Morgan fingerprint density at radius 2 is 1.76 bits per heavy atom. The van der Waals surface area contributed by atoms with E-state index in [1.807, 2.05) is 0 Å². The highest BCUT2D eigenvalue weighted by atomic mass is 32.2. The smallest absolute Gasteiger partial charge is 0.341 e. The maximum atomic E-state index is 12.3. The Bertz CT molecular complexity index is 754. The van der Waals surface area contributed by atoms with Crippen molar-refractivity contribution in [1.29, 1.82) is 0 Å². The predicted octanol–water partition coefficient (Wildman–Crippen LogP) is 3.78. The molecule has 1 atom stereocenters. The molecule has 2 rings (SSSR count). The number of nitrogens with two attached hydrogens (primary N) is 1. The lowest BCUT2D eigenvalue weighted by atomic mass is 10.1. The Morgan fingerprint density at radius 1 is 1.12 bits per heavy atom. The van der Waals surface area contributed by atoms with Gasteiger partial charge in [0.25, 0.3) is 11.7 Å². The normalized spacial score (nSPS) is 11.8. The zero-order chi connectivity index (χ0) is 18.4. The van der Waals surface area contributed by atoms with E-state index in [0.29, 0.717) is 28.0 Å². The van der Waals surface area contributed by atoms with Gasteiger partial charge in [-0.2, -0.15) is 8.78 Å². The van der Waals surface area contributed by atoms with Crippen LogP contribution in [0.1, 0.15) is 17.3 Å². The zero-order valence-electron chi connectivity index (χ0n) is 13.2. The van der Waals surface area contributed by atoms with Gasteiger partial charge in [-0.25, -0.2) is 4.79 Å². The first-order chi connectivity index (χ1) is 11.9. The summed E-state index contributed by atoms with van der Waals surface area (Å²) in [7, 11) is 0. The number of carbonyl (C=O) groups excluding carboxylic acids is 2. The van der Waals surface area contributed by atoms with Crippen LogP contribution < -0.4 is 11.1 Å². The summed E-state index contributed by atoms with van der Waals surface area (Å²) in [6.07, 6.45) is -1.05. The van der Waals surface area contributed by atoms with Crippen molar-refractivity contribution in [3.63, 3.8) is 0 Å². The summed E-state index contributed by atoms with van der Waals surface area (Å²) in [5.41, 5.74) is 6.38. The van der Waals surface area contributed by atoms with Crippen LogP contribution in [0, 0.1) is 0 Å². The minimum absolute atomic E-state index is 0.224. The summed E-state index contributed by atoms with van der Waals surface area (Å²) in [5, 5.41) is 3.02. The molecule has 0 aliphatic rings. The van der Waals surface area contributed by atoms with Gasteiger partial charge in [-0.05, 0) is 43.3 Å². The average Bonchev–Trinajstić information content (AvgIpc) is 2.56. The summed E-state index contributed by atoms with van der Waals surface area (Å²) < 4.78 is 29.7. The molecule has 0 aromatic heterocycles. The Kier molecular flexibility index (Phi) is 6.35. The third-order valence-electron chi connectivity index (χ3n) is 3.19. The van der Waals surface area contributed by atoms with Crippen molar-refractivity contribution in [3.05, 3.63) is 54.1 Å². The highest BCUT2D eigenvalue weighted by Gasteiger charge is 2.18. The highest BCUT2D eigenvalue weighted by molar-refractivity contribution is 7.99. The quantitative estimate of drug-likeness (QED) is 0.576. The van der Waals surface area contributed by atoms with Crippen LogP contribution in [0.2, 0.25) is 0 Å². The van der Waals surface area contributed by atoms with Gasteiger partial charge >= 0.3 is 5.97 Å². The molecule has 0 saturated heterocycles. The highest BCUT2D eigenvalue weighted by Crippen LogP contribution is 2.28. The van der Waals surface area contributed by atoms with Gasteiger partial charge in [-0.3, -0.25) is 4.79 Å². The third kappa shape index (κ3) is 5.46. The van der Waals surface area contributed by atoms with E-state index in [1.165, 1.54) is 6.92 Å². The molecule has 2 aromatic rings. The Hall–Kier alpha value is -2.61. The maximum absolute atomic E-state index is 12.3. The van der Waals surface area contributed by atoms with Gasteiger partial charge in [0.1, 0.15) is 0 Å². The topological polar surface area (TPSA) is 81.4 Å². The minimum Gasteiger partial charge on any atom is -0.449 e. The first-order valence-corrected chi connectivity index (χ1v) is 8.16. The number of nitrogens with one attached hydrogen (secondary N) is 1. The fourth-order valence-corrected chi connectivity index (χ4v) is 2.43. The largest absolute Gasteiger partial charge is 0.449 e. The molecule has 5 nitrogen and oxygen atoms in total. The summed E-state index contributed by atoms with van der Waals surface area (Å²) >= 11 is 0.452. The molecule has 0 spiro atoms. The number of primary amides is 1. The first-order valence-electron chi connectivity index (χ1n) is 7.28. The molecule has 3 N–H and O–H groups in total. The van der Waals surface area contributed by atoms with Crippen molar-refractivity contribution >= 4 is 35.0 Å². The van der Waals surface area contributed by atoms with Gasteiger partial charge in [0.05, 0.1) is 11.3 Å². The summed E-state index contributed by atoms with van der Waals surface area (Å²) in [4.78, 5) is 23.6. The molecule has 1 amide bonds. The molecule has 0 aliphatic carbocycles. The van der Waals surface area contributed by atoms with Crippen LogP contribution in [-0.4, -0.2) is 23.7 Å².